The Labute approximate surface area is 121 Å². The Morgan fingerprint density at radius 1 is 1.14 bits per heavy atom. The average molecular weight is 290 g/mol. The van der Waals surface area contributed by atoms with Crippen molar-refractivity contribution in [2.75, 3.05) is 5.73 Å². The number of halogens is 2. The van der Waals surface area contributed by atoms with Crippen molar-refractivity contribution in [1.29, 1.82) is 0 Å². The molecule has 1 amide bonds. The first kappa shape index (κ1) is 15.0. The Balaban J connectivity index is 2.18. The summed E-state index contributed by atoms with van der Waals surface area (Å²) in [6.07, 6.45) is 0. The van der Waals surface area contributed by atoms with Gasteiger partial charge in [-0.2, -0.15) is 0 Å². The third kappa shape index (κ3) is 3.37. The molecule has 0 aromatic heterocycles. The highest BCUT2D eigenvalue weighted by atomic mass is 19.2. The summed E-state index contributed by atoms with van der Waals surface area (Å²) in [5, 5.41) is 2.71. The topological polar surface area (TPSA) is 55.1 Å². The number of nitrogen functional groups attached to an aromatic ring is 1. The van der Waals surface area contributed by atoms with Gasteiger partial charge in [0, 0.05) is 11.8 Å². The number of rotatable bonds is 3. The molecule has 0 aliphatic rings. The zero-order valence-corrected chi connectivity index (χ0v) is 11.8. The maximum Gasteiger partial charge on any atom is 0.253 e. The summed E-state index contributed by atoms with van der Waals surface area (Å²) in [6, 6.07) is 9.01. The molecule has 5 heteroatoms. The molecule has 3 nitrogen and oxygen atoms in total. The van der Waals surface area contributed by atoms with E-state index in [1.54, 1.807) is 6.92 Å². The van der Waals surface area contributed by atoms with E-state index in [1.165, 1.54) is 0 Å². The van der Waals surface area contributed by atoms with Gasteiger partial charge < -0.3 is 11.1 Å². The fraction of sp³-hybridized carbons (Fsp3) is 0.188. The van der Waals surface area contributed by atoms with Crippen molar-refractivity contribution in [2.45, 2.75) is 19.9 Å². The van der Waals surface area contributed by atoms with Crippen LogP contribution in [-0.4, -0.2) is 5.91 Å². The van der Waals surface area contributed by atoms with Gasteiger partial charge in [0.1, 0.15) is 0 Å². The number of benzene rings is 2. The number of carbonyl (C=O) groups is 1. The quantitative estimate of drug-likeness (QED) is 0.852. The number of anilines is 1. The summed E-state index contributed by atoms with van der Waals surface area (Å²) >= 11 is 0. The van der Waals surface area contributed by atoms with Crippen molar-refractivity contribution in [3.05, 3.63) is 64.7 Å². The van der Waals surface area contributed by atoms with Gasteiger partial charge in [0.25, 0.3) is 5.91 Å². The lowest BCUT2D eigenvalue weighted by atomic mass is 10.1. The van der Waals surface area contributed by atoms with Gasteiger partial charge in [-0.1, -0.05) is 29.8 Å². The molecule has 2 rings (SSSR count). The second-order valence-electron chi connectivity index (χ2n) is 4.96. The molecule has 21 heavy (non-hydrogen) atoms. The Kier molecular flexibility index (Phi) is 4.21. The molecule has 0 aliphatic carbocycles. The minimum absolute atomic E-state index is 0.0761. The molecule has 110 valence electrons. The van der Waals surface area contributed by atoms with Crippen molar-refractivity contribution in [3.63, 3.8) is 0 Å². The fourth-order valence-electron chi connectivity index (χ4n) is 1.97. The number of nitrogens with two attached hydrogens (primary N) is 1. The maximum atomic E-state index is 13.2. The van der Waals surface area contributed by atoms with Gasteiger partial charge >= 0.3 is 0 Å². The highest BCUT2D eigenvalue weighted by molar-refractivity contribution is 5.99. The first-order chi connectivity index (χ1) is 9.88. The Morgan fingerprint density at radius 2 is 1.71 bits per heavy atom. The number of nitrogens with one attached hydrogen (secondary N) is 1. The van der Waals surface area contributed by atoms with Crippen LogP contribution >= 0.6 is 0 Å². The fourth-order valence-corrected chi connectivity index (χ4v) is 1.97. The molecule has 3 N–H and O–H groups in total. The van der Waals surface area contributed by atoms with Crippen molar-refractivity contribution in [2.24, 2.45) is 0 Å². The van der Waals surface area contributed by atoms with Crippen LogP contribution in [0.5, 0.6) is 0 Å². The lowest BCUT2D eigenvalue weighted by molar-refractivity contribution is 0.0940. The number of aryl methyl sites for hydroxylation is 1. The highest BCUT2D eigenvalue weighted by Gasteiger charge is 2.16. The molecule has 0 radical (unpaired) electrons. The van der Waals surface area contributed by atoms with Gasteiger partial charge in [0.05, 0.1) is 11.6 Å². The van der Waals surface area contributed by atoms with E-state index in [0.717, 1.165) is 23.3 Å². The van der Waals surface area contributed by atoms with E-state index in [4.69, 9.17) is 5.73 Å². The van der Waals surface area contributed by atoms with Crippen LogP contribution in [0.1, 0.15) is 34.5 Å². The molecule has 0 heterocycles. The minimum Gasteiger partial charge on any atom is -0.398 e. The molecule has 0 aliphatic heterocycles. The molecule has 0 spiro atoms. The van der Waals surface area contributed by atoms with E-state index in [1.807, 2.05) is 31.2 Å². The molecule has 0 fully saturated rings. The zero-order chi connectivity index (χ0) is 15.6. The van der Waals surface area contributed by atoms with E-state index in [2.05, 4.69) is 5.32 Å². The van der Waals surface area contributed by atoms with Gasteiger partial charge in [-0.3, -0.25) is 4.79 Å². The van der Waals surface area contributed by atoms with Crippen LogP contribution in [-0.2, 0) is 0 Å². The third-order valence-corrected chi connectivity index (χ3v) is 3.26. The maximum absolute atomic E-state index is 13.2. The number of hydrogen-bond acceptors (Lipinski definition) is 2. The first-order valence-corrected chi connectivity index (χ1v) is 6.50. The Hall–Kier alpha value is -2.43. The summed E-state index contributed by atoms with van der Waals surface area (Å²) in [5.41, 5.74) is 7.41. The number of carbonyl (C=O) groups excluding carboxylic acids is 1. The van der Waals surface area contributed by atoms with Gasteiger partial charge in [0.15, 0.2) is 11.6 Å². The van der Waals surface area contributed by atoms with Crippen LogP contribution in [0.4, 0.5) is 14.5 Å². The molecule has 0 bridgehead atoms. The van der Waals surface area contributed by atoms with E-state index in [-0.39, 0.29) is 17.3 Å². The predicted molar refractivity (Wildman–Crippen MR) is 77.8 cm³/mol. The predicted octanol–water partition coefficient (Wildman–Crippen LogP) is 3.35. The smallest absolute Gasteiger partial charge is 0.253 e. The molecule has 0 saturated heterocycles. The average Bonchev–Trinajstić information content (AvgIpc) is 2.43. The molecular formula is C16H16F2N2O. The van der Waals surface area contributed by atoms with Crippen LogP contribution in [0.15, 0.2) is 36.4 Å². The second kappa shape index (κ2) is 5.91. The zero-order valence-electron chi connectivity index (χ0n) is 11.8. The monoisotopic (exact) mass is 290 g/mol. The summed E-state index contributed by atoms with van der Waals surface area (Å²) < 4.78 is 26.2. The van der Waals surface area contributed by atoms with E-state index < -0.39 is 17.5 Å². The summed E-state index contributed by atoms with van der Waals surface area (Å²) in [6.45, 7) is 3.77. The SMILES string of the molecule is Cc1ccc(C(C)NC(=O)c2cc(F)c(F)cc2N)cc1. The van der Waals surface area contributed by atoms with Crippen molar-refractivity contribution >= 4 is 11.6 Å². The second-order valence-corrected chi connectivity index (χ2v) is 4.96. The van der Waals surface area contributed by atoms with Gasteiger partial charge in [0.2, 0.25) is 0 Å². The summed E-state index contributed by atoms with van der Waals surface area (Å²) in [5.74, 6) is -2.72. The standard InChI is InChI=1S/C16H16F2N2O/c1-9-3-5-11(6-4-9)10(2)20-16(21)12-7-13(17)14(18)8-15(12)19/h3-8,10H,19H2,1-2H3,(H,20,21). The largest absolute Gasteiger partial charge is 0.398 e. The van der Waals surface area contributed by atoms with E-state index in [0.29, 0.717) is 0 Å². The van der Waals surface area contributed by atoms with Crippen LogP contribution < -0.4 is 11.1 Å². The third-order valence-electron chi connectivity index (χ3n) is 3.26. The lowest BCUT2D eigenvalue weighted by Gasteiger charge is -2.15. The van der Waals surface area contributed by atoms with Crippen molar-refractivity contribution in [1.82, 2.24) is 5.32 Å². The van der Waals surface area contributed by atoms with Gasteiger partial charge in [-0.05, 0) is 25.5 Å². The van der Waals surface area contributed by atoms with Crippen LogP contribution in [0, 0.1) is 18.6 Å². The number of amides is 1. The van der Waals surface area contributed by atoms with Crippen molar-refractivity contribution < 1.29 is 13.6 Å². The molecule has 0 saturated carbocycles. The molecule has 1 atom stereocenters. The van der Waals surface area contributed by atoms with Crippen LogP contribution in [0.3, 0.4) is 0 Å². The Bertz CT molecular complexity index is 669. The lowest BCUT2D eigenvalue weighted by Crippen LogP contribution is -2.27. The van der Waals surface area contributed by atoms with Crippen molar-refractivity contribution in [3.8, 4) is 0 Å². The summed E-state index contributed by atoms with van der Waals surface area (Å²) in [7, 11) is 0. The molecule has 1 unspecified atom stereocenters. The molecular weight excluding hydrogens is 274 g/mol. The van der Waals surface area contributed by atoms with E-state index in [9.17, 15) is 13.6 Å². The normalized spacial score (nSPS) is 12.0. The van der Waals surface area contributed by atoms with Gasteiger partial charge in [-0.15, -0.1) is 0 Å². The van der Waals surface area contributed by atoms with Gasteiger partial charge in [-0.25, -0.2) is 8.78 Å². The molecule has 2 aromatic rings. The van der Waals surface area contributed by atoms with E-state index >= 15 is 0 Å². The summed E-state index contributed by atoms with van der Waals surface area (Å²) in [4.78, 5) is 12.1. The number of hydrogen-bond donors (Lipinski definition) is 2. The first-order valence-electron chi connectivity index (χ1n) is 6.50. The van der Waals surface area contributed by atoms with Crippen LogP contribution in [0.2, 0.25) is 0 Å². The Morgan fingerprint density at radius 3 is 2.33 bits per heavy atom. The van der Waals surface area contributed by atoms with Crippen LogP contribution in [0.25, 0.3) is 0 Å². The minimum atomic E-state index is -1.10. The molecule has 2 aromatic carbocycles. The highest BCUT2D eigenvalue weighted by Crippen LogP contribution is 2.19.